The molecule has 176 valence electrons. The molecule has 0 bridgehead atoms. The normalized spacial score (nSPS) is 20.2. The van der Waals surface area contributed by atoms with Crippen molar-refractivity contribution in [1.29, 1.82) is 0 Å². The summed E-state index contributed by atoms with van der Waals surface area (Å²) in [5.74, 6) is -0.0331. The highest BCUT2D eigenvalue weighted by molar-refractivity contribution is 7.89. The summed E-state index contributed by atoms with van der Waals surface area (Å²) in [4.78, 5) is 15.3. The van der Waals surface area contributed by atoms with E-state index in [4.69, 9.17) is 0 Å². The molecule has 0 spiro atoms. The van der Waals surface area contributed by atoms with Crippen LogP contribution in [0.15, 0.2) is 18.2 Å². The van der Waals surface area contributed by atoms with Crippen LogP contribution in [0.4, 0.5) is 4.39 Å². The molecule has 1 heterocycles. The van der Waals surface area contributed by atoms with Gasteiger partial charge in [-0.25, -0.2) is 12.8 Å². The number of rotatable bonds is 8. The molecule has 1 aliphatic carbocycles. The van der Waals surface area contributed by atoms with E-state index >= 15 is 0 Å². The second kappa shape index (κ2) is 11.2. The molecule has 2 fully saturated rings. The number of piperazine rings is 1. The summed E-state index contributed by atoms with van der Waals surface area (Å²) in [7, 11) is -3.16. The molecular formula is C23H36ClFN2O3S. The minimum Gasteiger partial charge on any atom is -0.295 e. The molecule has 2 aliphatic rings. The molecule has 1 saturated carbocycles. The zero-order valence-corrected chi connectivity index (χ0v) is 20.4. The summed E-state index contributed by atoms with van der Waals surface area (Å²) in [6, 6.07) is 4.37. The van der Waals surface area contributed by atoms with Gasteiger partial charge in [0.2, 0.25) is 10.0 Å². The van der Waals surface area contributed by atoms with Crippen molar-refractivity contribution in [2.24, 2.45) is 0 Å². The Balaban J connectivity index is 0.00000341. The zero-order chi connectivity index (χ0) is 21.8. The van der Waals surface area contributed by atoms with Gasteiger partial charge >= 0.3 is 0 Å². The van der Waals surface area contributed by atoms with Gasteiger partial charge in [0.15, 0.2) is 5.78 Å². The Morgan fingerprint density at radius 2 is 1.74 bits per heavy atom. The maximum atomic E-state index is 13.4. The smallest absolute Gasteiger partial charge is 0.214 e. The highest BCUT2D eigenvalue weighted by atomic mass is 35.5. The lowest BCUT2D eigenvalue weighted by Crippen LogP contribution is -2.58. The van der Waals surface area contributed by atoms with Crippen molar-refractivity contribution in [3.8, 4) is 0 Å². The number of hydrogen-bond donors (Lipinski definition) is 0. The van der Waals surface area contributed by atoms with Crippen molar-refractivity contribution in [2.45, 2.75) is 70.8 Å². The number of halogens is 2. The van der Waals surface area contributed by atoms with E-state index in [0.29, 0.717) is 37.1 Å². The average Bonchev–Trinajstić information content (AvgIpc) is 2.73. The zero-order valence-electron chi connectivity index (χ0n) is 18.7. The summed E-state index contributed by atoms with van der Waals surface area (Å²) in [5.41, 5.74) is 1.27. The van der Waals surface area contributed by atoms with Gasteiger partial charge < -0.3 is 0 Å². The number of hydrogen-bond acceptors (Lipinski definition) is 4. The molecule has 31 heavy (non-hydrogen) atoms. The lowest BCUT2D eigenvalue weighted by Gasteiger charge is -2.50. The molecule has 0 atom stereocenters. The predicted molar refractivity (Wildman–Crippen MR) is 125 cm³/mol. The quantitative estimate of drug-likeness (QED) is 0.517. The number of carbonyl (C=O) groups excluding carboxylic acids is 1. The van der Waals surface area contributed by atoms with Crippen molar-refractivity contribution in [2.75, 3.05) is 31.9 Å². The van der Waals surface area contributed by atoms with Gasteiger partial charge in [0, 0.05) is 43.7 Å². The van der Waals surface area contributed by atoms with E-state index in [1.165, 1.54) is 18.6 Å². The van der Waals surface area contributed by atoms with Crippen LogP contribution in [0.5, 0.6) is 0 Å². The fourth-order valence-electron chi connectivity index (χ4n) is 5.18. The Kier molecular flexibility index (Phi) is 9.49. The molecule has 0 radical (unpaired) electrons. The van der Waals surface area contributed by atoms with E-state index in [0.717, 1.165) is 45.2 Å². The summed E-state index contributed by atoms with van der Waals surface area (Å²) in [6.45, 7) is 6.21. The molecule has 1 aromatic carbocycles. The summed E-state index contributed by atoms with van der Waals surface area (Å²) in [5, 5.41) is 0. The summed E-state index contributed by atoms with van der Waals surface area (Å²) < 4.78 is 39.9. The molecule has 0 aromatic heterocycles. The first-order valence-corrected chi connectivity index (χ1v) is 12.9. The number of carbonyl (C=O) groups is 1. The third-order valence-corrected chi connectivity index (χ3v) is 8.93. The van der Waals surface area contributed by atoms with Crippen LogP contribution in [-0.2, 0) is 10.0 Å². The van der Waals surface area contributed by atoms with Gasteiger partial charge in [-0.05, 0) is 56.4 Å². The van der Waals surface area contributed by atoms with E-state index in [-0.39, 0.29) is 35.3 Å². The van der Waals surface area contributed by atoms with Crippen molar-refractivity contribution >= 4 is 28.2 Å². The summed E-state index contributed by atoms with van der Waals surface area (Å²) in [6.07, 6.45) is 7.51. The number of ketones is 1. The van der Waals surface area contributed by atoms with Crippen LogP contribution in [0.25, 0.3) is 0 Å². The van der Waals surface area contributed by atoms with Crippen LogP contribution in [0.1, 0.15) is 74.2 Å². The topological polar surface area (TPSA) is 57.7 Å². The maximum Gasteiger partial charge on any atom is 0.214 e. The second-order valence-corrected chi connectivity index (χ2v) is 11.0. The van der Waals surface area contributed by atoms with E-state index in [1.54, 1.807) is 17.3 Å². The van der Waals surface area contributed by atoms with Crippen LogP contribution in [0.2, 0.25) is 0 Å². The third kappa shape index (κ3) is 6.28. The summed E-state index contributed by atoms with van der Waals surface area (Å²) >= 11 is 0. The lowest BCUT2D eigenvalue weighted by atomic mass is 9.76. The molecule has 8 heteroatoms. The van der Waals surface area contributed by atoms with E-state index in [2.05, 4.69) is 4.90 Å². The number of benzene rings is 1. The highest BCUT2D eigenvalue weighted by Crippen LogP contribution is 2.38. The van der Waals surface area contributed by atoms with Crippen LogP contribution < -0.4 is 0 Å². The maximum absolute atomic E-state index is 13.4. The predicted octanol–water partition coefficient (Wildman–Crippen LogP) is 4.58. The van der Waals surface area contributed by atoms with E-state index in [1.807, 2.05) is 6.92 Å². The van der Waals surface area contributed by atoms with Crippen LogP contribution in [0, 0.1) is 12.7 Å². The minimum absolute atomic E-state index is 0. The van der Waals surface area contributed by atoms with Crippen LogP contribution in [-0.4, -0.2) is 60.9 Å². The lowest BCUT2D eigenvalue weighted by molar-refractivity contribution is 0.0165. The Morgan fingerprint density at radius 1 is 1.10 bits per heavy atom. The van der Waals surface area contributed by atoms with Gasteiger partial charge in [-0.15, -0.1) is 12.4 Å². The van der Waals surface area contributed by atoms with Gasteiger partial charge in [-0.1, -0.05) is 26.2 Å². The molecule has 0 N–H and O–H groups in total. The van der Waals surface area contributed by atoms with Gasteiger partial charge in [-0.3, -0.25) is 9.69 Å². The van der Waals surface area contributed by atoms with Crippen molar-refractivity contribution in [3.63, 3.8) is 0 Å². The SMILES string of the molecule is CCCS(=O)(=O)N1CCN(C2(CCC(=O)c3ccc(F)cc3C)CCCCC2)CC1.Cl. The Hall–Kier alpha value is -1.02. The molecule has 3 rings (SSSR count). The van der Waals surface area contributed by atoms with E-state index in [9.17, 15) is 17.6 Å². The molecule has 1 aromatic rings. The van der Waals surface area contributed by atoms with Crippen molar-refractivity contribution in [1.82, 2.24) is 9.21 Å². The van der Waals surface area contributed by atoms with Gasteiger partial charge in [0.25, 0.3) is 0 Å². The van der Waals surface area contributed by atoms with Crippen LogP contribution >= 0.6 is 12.4 Å². The standard InChI is InChI=1S/C23H35FN2O3S.ClH/c1-3-17-30(28,29)26-15-13-25(14-16-26)23(10-5-4-6-11-23)12-9-22(27)21-8-7-20(24)18-19(21)2;/h7-8,18H,3-6,9-17H2,1-2H3;1H. The monoisotopic (exact) mass is 474 g/mol. The number of sulfonamides is 1. The van der Waals surface area contributed by atoms with Gasteiger partial charge in [-0.2, -0.15) is 4.31 Å². The molecule has 1 saturated heterocycles. The Bertz CT molecular complexity index is 848. The molecule has 0 amide bonds. The second-order valence-electron chi connectivity index (χ2n) is 8.87. The first kappa shape index (κ1) is 26.2. The molecular weight excluding hydrogens is 439 g/mol. The minimum atomic E-state index is -3.16. The molecule has 0 unspecified atom stereocenters. The fourth-order valence-corrected chi connectivity index (χ4v) is 6.68. The highest BCUT2D eigenvalue weighted by Gasteiger charge is 2.40. The third-order valence-electron chi connectivity index (χ3n) is 6.86. The fraction of sp³-hybridized carbons (Fsp3) is 0.696. The first-order valence-electron chi connectivity index (χ1n) is 11.3. The largest absolute Gasteiger partial charge is 0.295 e. The Morgan fingerprint density at radius 3 is 2.32 bits per heavy atom. The van der Waals surface area contributed by atoms with Crippen molar-refractivity contribution in [3.05, 3.63) is 35.1 Å². The number of Topliss-reactive ketones (excluding diaryl/α,β-unsaturated/α-hetero) is 1. The van der Waals surface area contributed by atoms with Gasteiger partial charge in [0.1, 0.15) is 5.82 Å². The molecule has 5 nitrogen and oxygen atoms in total. The number of aryl methyl sites for hydroxylation is 1. The molecule has 1 aliphatic heterocycles. The van der Waals surface area contributed by atoms with Crippen molar-refractivity contribution < 1.29 is 17.6 Å². The van der Waals surface area contributed by atoms with Gasteiger partial charge in [0.05, 0.1) is 5.75 Å². The number of nitrogens with zero attached hydrogens (tertiary/aromatic N) is 2. The average molecular weight is 475 g/mol. The van der Waals surface area contributed by atoms with E-state index < -0.39 is 10.0 Å². The van der Waals surface area contributed by atoms with Crippen LogP contribution in [0.3, 0.4) is 0 Å². The Labute approximate surface area is 192 Å². The first-order chi connectivity index (χ1) is 14.3.